The van der Waals surface area contributed by atoms with Gasteiger partial charge in [-0.2, -0.15) is 0 Å². The molecule has 1 aromatic carbocycles. The van der Waals surface area contributed by atoms with Crippen molar-refractivity contribution in [2.75, 3.05) is 57.3 Å². The Balaban J connectivity index is 1.38. The molecule has 0 N–H and O–H groups in total. The van der Waals surface area contributed by atoms with Gasteiger partial charge in [0.2, 0.25) is 0 Å². The van der Waals surface area contributed by atoms with Crippen molar-refractivity contribution in [3.63, 3.8) is 0 Å². The van der Waals surface area contributed by atoms with Crippen molar-refractivity contribution in [3.05, 3.63) is 29.0 Å². The van der Waals surface area contributed by atoms with Gasteiger partial charge >= 0.3 is 0 Å². The first-order chi connectivity index (χ1) is 12.5. The van der Waals surface area contributed by atoms with E-state index >= 15 is 0 Å². The lowest BCUT2D eigenvalue weighted by Gasteiger charge is -2.37. The summed E-state index contributed by atoms with van der Waals surface area (Å²) < 4.78 is 14.1. The van der Waals surface area contributed by atoms with Crippen molar-refractivity contribution < 1.29 is 9.18 Å². The predicted molar refractivity (Wildman–Crippen MR) is 105 cm³/mol. The molecule has 0 aliphatic carbocycles. The maximum atomic E-state index is 14.1. The molecule has 0 amide bonds. The molecule has 0 atom stereocenters. The molecule has 2 aliphatic rings. The summed E-state index contributed by atoms with van der Waals surface area (Å²) >= 11 is 5.84. The van der Waals surface area contributed by atoms with E-state index in [0.717, 1.165) is 51.7 Å². The zero-order chi connectivity index (χ0) is 18.5. The minimum Gasteiger partial charge on any atom is -0.367 e. The Kier molecular flexibility index (Phi) is 6.90. The highest BCUT2D eigenvalue weighted by molar-refractivity contribution is 6.30. The molecule has 0 radical (unpaired) electrons. The summed E-state index contributed by atoms with van der Waals surface area (Å²) in [4.78, 5) is 18.1. The molecule has 1 aromatic rings. The third-order valence-corrected chi connectivity index (χ3v) is 5.86. The van der Waals surface area contributed by atoms with E-state index < -0.39 is 0 Å². The van der Waals surface area contributed by atoms with E-state index in [2.05, 4.69) is 14.7 Å². The van der Waals surface area contributed by atoms with Gasteiger partial charge in [-0.05, 0) is 69.9 Å². The first-order valence-corrected chi connectivity index (χ1v) is 10.0. The molecule has 0 bridgehead atoms. The zero-order valence-electron chi connectivity index (χ0n) is 15.6. The highest BCUT2D eigenvalue weighted by atomic mass is 35.5. The van der Waals surface area contributed by atoms with Crippen molar-refractivity contribution in [1.29, 1.82) is 0 Å². The number of piperidine rings is 1. The van der Waals surface area contributed by atoms with Gasteiger partial charge in [-0.1, -0.05) is 11.6 Å². The molecule has 0 saturated carbocycles. The van der Waals surface area contributed by atoms with Crippen LogP contribution in [-0.4, -0.2) is 67.9 Å². The van der Waals surface area contributed by atoms with E-state index in [4.69, 9.17) is 11.6 Å². The molecule has 3 rings (SSSR count). The molecule has 4 nitrogen and oxygen atoms in total. The number of Topliss-reactive ketones (excluding diaryl/α,β-unsaturated/α-hetero) is 1. The van der Waals surface area contributed by atoms with Gasteiger partial charge in [-0.15, -0.1) is 0 Å². The number of halogens is 2. The smallest absolute Gasteiger partial charge is 0.147 e. The fourth-order valence-electron chi connectivity index (χ4n) is 4.06. The lowest BCUT2D eigenvalue weighted by Crippen LogP contribution is -2.47. The van der Waals surface area contributed by atoms with Gasteiger partial charge in [0.05, 0.1) is 12.2 Å². The highest BCUT2D eigenvalue weighted by Crippen LogP contribution is 2.25. The molecule has 2 fully saturated rings. The van der Waals surface area contributed by atoms with Crippen LogP contribution in [0.1, 0.15) is 26.2 Å². The number of piperazine rings is 1. The molecule has 0 spiro atoms. The number of hydrogen-bond acceptors (Lipinski definition) is 4. The van der Waals surface area contributed by atoms with E-state index in [9.17, 15) is 9.18 Å². The van der Waals surface area contributed by atoms with Gasteiger partial charge in [-0.3, -0.25) is 14.6 Å². The van der Waals surface area contributed by atoms with Crippen molar-refractivity contribution in [2.45, 2.75) is 26.2 Å². The van der Waals surface area contributed by atoms with Crippen molar-refractivity contribution in [3.8, 4) is 0 Å². The highest BCUT2D eigenvalue weighted by Gasteiger charge is 2.23. The molecule has 26 heavy (non-hydrogen) atoms. The van der Waals surface area contributed by atoms with Crippen LogP contribution in [0.2, 0.25) is 5.02 Å². The molecule has 2 heterocycles. The van der Waals surface area contributed by atoms with Crippen LogP contribution < -0.4 is 4.90 Å². The first-order valence-electron chi connectivity index (χ1n) is 9.65. The molecular formula is C20H29ClFN3O. The summed E-state index contributed by atoms with van der Waals surface area (Å²) in [7, 11) is 0. The van der Waals surface area contributed by atoms with Crippen LogP contribution in [0.5, 0.6) is 0 Å². The summed E-state index contributed by atoms with van der Waals surface area (Å²) in [6.45, 7) is 9.16. The molecule has 2 saturated heterocycles. The summed E-state index contributed by atoms with van der Waals surface area (Å²) in [5.74, 6) is 0.798. The molecule has 2 aliphatic heterocycles. The van der Waals surface area contributed by atoms with Crippen LogP contribution in [0.4, 0.5) is 10.1 Å². The summed E-state index contributed by atoms with van der Waals surface area (Å²) in [6, 6.07) is 4.93. The van der Waals surface area contributed by atoms with E-state index in [1.54, 1.807) is 19.1 Å². The number of hydrogen-bond donors (Lipinski definition) is 0. The van der Waals surface area contributed by atoms with Crippen LogP contribution in [-0.2, 0) is 4.79 Å². The number of carbonyl (C=O) groups excluding carboxylic acids is 1. The Labute approximate surface area is 160 Å². The Morgan fingerprint density at radius 3 is 2.42 bits per heavy atom. The molecule has 0 aromatic heterocycles. The molecule has 6 heteroatoms. The van der Waals surface area contributed by atoms with E-state index in [1.165, 1.54) is 25.3 Å². The van der Waals surface area contributed by atoms with Gasteiger partial charge in [0.25, 0.3) is 0 Å². The second kappa shape index (κ2) is 9.16. The molecular weight excluding hydrogens is 353 g/mol. The van der Waals surface area contributed by atoms with Gasteiger partial charge in [0, 0.05) is 31.2 Å². The maximum absolute atomic E-state index is 14.1. The number of likely N-dealkylation sites (tertiary alicyclic amines) is 1. The third kappa shape index (κ3) is 5.41. The van der Waals surface area contributed by atoms with Gasteiger partial charge in [0.15, 0.2) is 0 Å². The lowest BCUT2D eigenvalue weighted by molar-refractivity contribution is -0.118. The first kappa shape index (κ1) is 19.6. The SMILES string of the molecule is CC(=O)CN1CCC(CCN2CCN(c3ccc(Cl)cc3F)CC2)CC1. The topological polar surface area (TPSA) is 26.8 Å². The number of carbonyl (C=O) groups is 1. The fraction of sp³-hybridized carbons (Fsp3) is 0.650. The van der Waals surface area contributed by atoms with Crippen LogP contribution in [0, 0.1) is 11.7 Å². The minimum absolute atomic E-state index is 0.233. The van der Waals surface area contributed by atoms with Gasteiger partial charge < -0.3 is 4.90 Å². The van der Waals surface area contributed by atoms with Crippen LogP contribution in [0.3, 0.4) is 0 Å². The van der Waals surface area contributed by atoms with E-state index in [-0.39, 0.29) is 11.6 Å². The summed E-state index contributed by atoms with van der Waals surface area (Å²) in [6.07, 6.45) is 3.62. The zero-order valence-corrected chi connectivity index (χ0v) is 16.3. The predicted octanol–water partition coefficient (Wildman–Crippen LogP) is 3.29. The molecule has 144 valence electrons. The second-order valence-corrected chi connectivity index (χ2v) is 8.07. The van der Waals surface area contributed by atoms with Crippen LogP contribution in [0.15, 0.2) is 18.2 Å². The van der Waals surface area contributed by atoms with Crippen LogP contribution in [0.25, 0.3) is 0 Å². The third-order valence-electron chi connectivity index (χ3n) is 5.63. The average molecular weight is 382 g/mol. The van der Waals surface area contributed by atoms with Crippen molar-refractivity contribution >= 4 is 23.1 Å². The monoisotopic (exact) mass is 381 g/mol. The number of nitrogens with zero attached hydrogens (tertiary/aromatic N) is 3. The Bertz CT molecular complexity index is 611. The second-order valence-electron chi connectivity index (χ2n) is 7.63. The number of anilines is 1. The summed E-state index contributed by atoms with van der Waals surface area (Å²) in [5.41, 5.74) is 0.659. The van der Waals surface area contributed by atoms with Gasteiger partial charge in [0.1, 0.15) is 11.6 Å². The maximum Gasteiger partial charge on any atom is 0.147 e. The Morgan fingerprint density at radius 2 is 1.81 bits per heavy atom. The van der Waals surface area contributed by atoms with E-state index in [0.29, 0.717) is 17.3 Å². The minimum atomic E-state index is -0.233. The fourth-order valence-corrected chi connectivity index (χ4v) is 4.22. The quantitative estimate of drug-likeness (QED) is 0.755. The van der Waals surface area contributed by atoms with Crippen molar-refractivity contribution in [1.82, 2.24) is 9.80 Å². The normalized spacial score (nSPS) is 20.5. The van der Waals surface area contributed by atoms with Crippen molar-refractivity contribution in [2.24, 2.45) is 5.92 Å². The lowest BCUT2D eigenvalue weighted by atomic mass is 9.93. The van der Waals surface area contributed by atoms with Crippen LogP contribution >= 0.6 is 11.6 Å². The Hall–Kier alpha value is -1.17. The number of rotatable bonds is 6. The molecule has 0 unspecified atom stereocenters. The van der Waals surface area contributed by atoms with E-state index in [1.807, 2.05) is 0 Å². The Morgan fingerprint density at radius 1 is 1.12 bits per heavy atom. The summed E-state index contributed by atoms with van der Waals surface area (Å²) in [5, 5.41) is 0.444. The average Bonchev–Trinajstić information content (AvgIpc) is 2.61. The van der Waals surface area contributed by atoms with Gasteiger partial charge in [-0.25, -0.2) is 4.39 Å². The standard InChI is InChI=1S/C20H29ClFN3O/c1-16(26)15-24-8-5-17(6-9-24)4-7-23-10-12-25(13-11-23)20-3-2-18(21)14-19(20)22/h2-3,14,17H,4-13,15H2,1H3. The number of ketones is 1. The largest absolute Gasteiger partial charge is 0.367 e. The number of benzene rings is 1.